The Morgan fingerprint density at radius 2 is 2.18 bits per heavy atom. The molecule has 1 aromatic heterocycles. The number of hydrogen-bond acceptors (Lipinski definition) is 5. The molecule has 28 heavy (non-hydrogen) atoms. The Bertz CT molecular complexity index is 845. The van der Waals surface area contributed by atoms with Crippen LogP contribution in [0.1, 0.15) is 13.3 Å². The van der Waals surface area contributed by atoms with Crippen molar-refractivity contribution >= 4 is 89.7 Å². The summed E-state index contributed by atoms with van der Waals surface area (Å²) in [5.74, 6) is -0.870. The average Bonchev–Trinajstić information content (AvgIpc) is 3.13. The highest BCUT2D eigenvalue weighted by molar-refractivity contribution is 9.09. The summed E-state index contributed by atoms with van der Waals surface area (Å²) in [6, 6.07) is 3.46. The molecule has 0 saturated carbocycles. The molecular formula is C16H16BrCl3N2O4S2. The molecule has 1 fully saturated rings. The molecule has 4 atom stereocenters. The predicted octanol–water partition coefficient (Wildman–Crippen LogP) is 3.78. The van der Waals surface area contributed by atoms with Crippen molar-refractivity contribution in [3.63, 3.8) is 0 Å². The Morgan fingerprint density at radius 1 is 1.50 bits per heavy atom. The third-order valence-corrected chi connectivity index (χ3v) is 8.58. The Kier molecular flexibility index (Phi) is 6.57. The van der Waals surface area contributed by atoms with Gasteiger partial charge in [-0.1, -0.05) is 50.7 Å². The van der Waals surface area contributed by atoms with E-state index in [1.807, 2.05) is 0 Å². The summed E-state index contributed by atoms with van der Waals surface area (Å²) < 4.78 is 17.5. The monoisotopic (exact) mass is 548 g/mol. The van der Waals surface area contributed by atoms with Crippen molar-refractivity contribution in [3.05, 3.63) is 29.3 Å². The number of fused-ring (bicyclic) bond motifs is 1. The molecule has 0 spiro atoms. The number of hydrogen-bond donors (Lipinski definition) is 0. The van der Waals surface area contributed by atoms with Gasteiger partial charge in [-0.05, 0) is 23.1 Å². The second kappa shape index (κ2) is 8.17. The van der Waals surface area contributed by atoms with E-state index in [9.17, 15) is 13.8 Å². The molecule has 3 rings (SSSR count). The van der Waals surface area contributed by atoms with Crippen LogP contribution < -0.4 is 4.90 Å². The van der Waals surface area contributed by atoms with E-state index in [0.717, 1.165) is 0 Å². The van der Waals surface area contributed by atoms with E-state index in [2.05, 4.69) is 15.9 Å². The fraction of sp³-hybridized carbons (Fsp3) is 0.500. The van der Waals surface area contributed by atoms with Crippen molar-refractivity contribution in [2.24, 2.45) is 0 Å². The number of thiophene rings is 1. The molecular weight excluding hydrogens is 535 g/mol. The van der Waals surface area contributed by atoms with Crippen molar-refractivity contribution in [2.75, 3.05) is 17.3 Å². The highest BCUT2D eigenvalue weighted by Crippen LogP contribution is 2.48. The fourth-order valence-electron chi connectivity index (χ4n) is 3.46. The standard InChI is InChI=1S/C16H16BrCl3N2O4S2/c1-9(23)22(12-4-3-5-27-12)16(26-2)13(24)21-8-10(7-17)11(6-15(18,19)20)28(25)14(16)21/h3-5,8,11,14H,6-7H2,1-2H3/t11?,14-,16?,28?/m1/s1. The van der Waals surface area contributed by atoms with Gasteiger partial charge in [-0.2, -0.15) is 0 Å². The minimum atomic E-state index is -1.72. The van der Waals surface area contributed by atoms with Gasteiger partial charge in [-0.3, -0.25) is 23.6 Å². The van der Waals surface area contributed by atoms with Crippen LogP contribution in [0, 0.1) is 0 Å². The number of nitrogens with zero attached hydrogens (tertiary/aromatic N) is 2. The van der Waals surface area contributed by atoms with Crippen molar-refractivity contribution in [1.82, 2.24) is 4.90 Å². The molecule has 0 aromatic carbocycles. The summed E-state index contributed by atoms with van der Waals surface area (Å²) >= 11 is 22.5. The van der Waals surface area contributed by atoms with E-state index >= 15 is 0 Å². The molecule has 0 N–H and O–H groups in total. The zero-order chi connectivity index (χ0) is 20.9. The Balaban J connectivity index is 2.09. The molecule has 0 radical (unpaired) electrons. The molecule has 0 bridgehead atoms. The SMILES string of the molecule is COC1(N(C(C)=O)c2cccs2)C(=O)N2C=C(CBr)C(CC(Cl)(Cl)Cl)S(=O)[C@@H]21. The van der Waals surface area contributed by atoms with Crippen LogP contribution in [-0.2, 0) is 25.1 Å². The Hall–Kier alpha value is -0.160. The van der Waals surface area contributed by atoms with Gasteiger partial charge in [0.05, 0.1) is 16.0 Å². The van der Waals surface area contributed by atoms with Gasteiger partial charge in [0.25, 0.3) is 11.6 Å². The minimum absolute atomic E-state index is 0.000884. The largest absolute Gasteiger partial charge is 0.348 e. The lowest BCUT2D eigenvalue weighted by molar-refractivity contribution is -0.182. The quantitative estimate of drug-likeness (QED) is 0.318. The summed E-state index contributed by atoms with van der Waals surface area (Å²) in [7, 11) is -0.369. The third-order valence-electron chi connectivity index (χ3n) is 4.60. The molecule has 154 valence electrons. The van der Waals surface area contributed by atoms with Crippen LogP contribution in [0.15, 0.2) is 29.3 Å². The maximum atomic E-state index is 13.5. The van der Waals surface area contributed by atoms with Crippen LogP contribution in [0.3, 0.4) is 0 Å². The lowest BCUT2D eigenvalue weighted by Gasteiger charge is -2.58. The van der Waals surface area contributed by atoms with E-state index in [0.29, 0.717) is 15.9 Å². The van der Waals surface area contributed by atoms with Crippen LogP contribution in [0.5, 0.6) is 0 Å². The summed E-state index contributed by atoms with van der Waals surface area (Å²) in [4.78, 5) is 28.2. The molecule has 2 aliphatic rings. The Morgan fingerprint density at radius 3 is 2.64 bits per heavy atom. The molecule has 3 heterocycles. The molecule has 1 saturated heterocycles. The Labute approximate surface area is 192 Å². The smallest absolute Gasteiger partial charge is 0.285 e. The van der Waals surface area contributed by atoms with E-state index in [1.54, 1.807) is 23.7 Å². The van der Waals surface area contributed by atoms with Crippen molar-refractivity contribution < 1.29 is 18.5 Å². The van der Waals surface area contributed by atoms with Gasteiger partial charge in [0.15, 0.2) is 9.17 Å². The van der Waals surface area contributed by atoms with Crippen LogP contribution >= 0.6 is 62.1 Å². The van der Waals surface area contributed by atoms with Crippen molar-refractivity contribution in [3.8, 4) is 0 Å². The van der Waals surface area contributed by atoms with Gasteiger partial charge in [-0.15, -0.1) is 11.3 Å². The minimum Gasteiger partial charge on any atom is -0.348 e. The number of β-lactam (4-membered cyclic amide) rings is 1. The second-order valence-electron chi connectivity index (χ2n) is 6.25. The number of rotatable bonds is 5. The predicted molar refractivity (Wildman–Crippen MR) is 117 cm³/mol. The first-order chi connectivity index (χ1) is 13.1. The maximum Gasteiger partial charge on any atom is 0.285 e. The summed E-state index contributed by atoms with van der Waals surface area (Å²) in [5, 5.41) is 1.13. The highest BCUT2D eigenvalue weighted by Gasteiger charge is 2.71. The number of halogens is 4. The molecule has 12 heteroatoms. The first kappa shape index (κ1) is 22.5. The number of amides is 2. The number of ether oxygens (including phenoxy) is 1. The molecule has 0 aliphatic carbocycles. The maximum absolute atomic E-state index is 13.5. The fourth-order valence-corrected chi connectivity index (χ4v) is 7.94. The van der Waals surface area contributed by atoms with E-state index in [1.165, 1.54) is 35.2 Å². The average molecular weight is 551 g/mol. The van der Waals surface area contributed by atoms with Gasteiger partial charge in [0.1, 0.15) is 5.00 Å². The molecule has 1 aromatic rings. The van der Waals surface area contributed by atoms with Gasteiger partial charge >= 0.3 is 0 Å². The van der Waals surface area contributed by atoms with Crippen molar-refractivity contribution in [2.45, 2.75) is 33.5 Å². The van der Waals surface area contributed by atoms with Crippen LogP contribution in [0.2, 0.25) is 0 Å². The summed E-state index contributed by atoms with van der Waals surface area (Å²) in [6.07, 6.45) is 1.60. The molecule has 2 amide bonds. The van der Waals surface area contributed by atoms with Gasteiger partial charge < -0.3 is 4.74 Å². The van der Waals surface area contributed by atoms with Gasteiger partial charge in [0.2, 0.25) is 5.91 Å². The lowest BCUT2D eigenvalue weighted by atomic mass is 9.98. The zero-order valence-corrected chi connectivity index (χ0v) is 20.2. The molecule has 2 aliphatic heterocycles. The second-order valence-corrected chi connectivity index (χ2v) is 11.9. The summed E-state index contributed by atoms with van der Waals surface area (Å²) in [6.45, 7) is 1.33. The first-order valence-electron chi connectivity index (χ1n) is 8.03. The van der Waals surface area contributed by atoms with Gasteiger partial charge in [-0.25, -0.2) is 0 Å². The van der Waals surface area contributed by atoms with Crippen LogP contribution in [-0.4, -0.2) is 53.5 Å². The van der Waals surface area contributed by atoms with E-state index in [-0.39, 0.29) is 6.42 Å². The third kappa shape index (κ3) is 3.57. The number of methoxy groups -OCH3 is 1. The number of alkyl halides is 4. The first-order valence-corrected chi connectivity index (χ1v) is 12.4. The zero-order valence-electron chi connectivity index (χ0n) is 14.7. The van der Waals surface area contributed by atoms with E-state index in [4.69, 9.17) is 39.5 Å². The lowest BCUT2D eigenvalue weighted by Crippen LogP contribution is -2.83. The summed E-state index contributed by atoms with van der Waals surface area (Å²) in [5.41, 5.74) is -1.05. The topological polar surface area (TPSA) is 66.9 Å². The van der Waals surface area contributed by atoms with Gasteiger partial charge in [0, 0.05) is 32.0 Å². The number of anilines is 1. The highest BCUT2D eigenvalue weighted by atomic mass is 79.9. The van der Waals surface area contributed by atoms with Crippen molar-refractivity contribution in [1.29, 1.82) is 0 Å². The van der Waals surface area contributed by atoms with E-state index < -0.39 is 42.8 Å². The normalized spacial score (nSPS) is 29.8. The molecule has 3 unspecified atom stereocenters. The molecule has 6 nitrogen and oxygen atoms in total. The van der Waals surface area contributed by atoms with Crippen LogP contribution in [0.4, 0.5) is 5.00 Å². The number of carbonyl (C=O) groups is 2. The van der Waals surface area contributed by atoms with Crippen LogP contribution in [0.25, 0.3) is 0 Å². The number of carbonyl (C=O) groups excluding carboxylic acids is 2.